The van der Waals surface area contributed by atoms with Crippen LogP contribution in [0.2, 0.25) is 0 Å². The molecule has 0 fully saturated rings. The monoisotopic (exact) mass is 491 g/mol. The molecule has 0 bridgehead atoms. The summed E-state index contributed by atoms with van der Waals surface area (Å²) >= 11 is 0. The molecule has 0 saturated heterocycles. The second-order valence-electron chi connectivity index (χ2n) is 8.78. The number of allylic oxidation sites excluding steroid dienone is 3. The molecule has 2 aliphatic rings. The summed E-state index contributed by atoms with van der Waals surface area (Å²) in [6.07, 6.45) is 2.00. The number of Topliss-reactive ketones (excluding diaryl/α,β-unsaturated/α-hetero) is 1. The molecule has 7 heteroatoms. The van der Waals surface area contributed by atoms with Crippen molar-refractivity contribution in [2.24, 2.45) is 0 Å². The number of esters is 1. The SMILES string of the molecule is CCOCCOC(=O)C1=C(C)NC2=C(C(=O)CCC2)[C@@H]1c1ccc(OC)c(OCc2ccccc2)c1. The summed E-state index contributed by atoms with van der Waals surface area (Å²) in [6.45, 7) is 5.11. The average Bonchev–Trinajstić information content (AvgIpc) is 2.89. The van der Waals surface area contributed by atoms with E-state index in [4.69, 9.17) is 18.9 Å². The van der Waals surface area contributed by atoms with E-state index < -0.39 is 11.9 Å². The van der Waals surface area contributed by atoms with Crippen LogP contribution < -0.4 is 14.8 Å². The van der Waals surface area contributed by atoms with Crippen molar-refractivity contribution in [3.8, 4) is 11.5 Å². The Labute approximate surface area is 212 Å². The maximum atomic E-state index is 13.3. The van der Waals surface area contributed by atoms with Crippen molar-refractivity contribution in [1.29, 1.82) is 0 Å². The predicted octanol–water partition coefficient (Wildman–Crippen LogP) is 4.82. The lowest BCUT2D eigenvalue weighted by Gasteiger charge is -2.34. The Kier molecular flexibility index (Phi) is 8.44. The lowest BCUT2D eigenvalue weighted by atomic mass is 9.75. The van der Waals surface area contributed by atoms with E-state index in [1.165, 1.54) is 0 Å². The Morgan fingerprint density at radius 2 is 1.86 bits per heavy atom. The minimum absolute atomic E-state index is 0.0449. The van der Waals surface area contributed by atoms with Crippen LogP contribution in [0.1, 0.15) is 50.2 Å². The molecule has 1 heterocycles. The van der Waals surface area contributed by atoms with Crippen molar-refractivity contribution in [1.82, 2.24) is 5.32 Å². The number of hydrogen-bond donors (Lipinski definition) is 1. The summed E-state index contributed by atoms with van der Waals surface area (Å²) in [6, 6.07) is 15.4. The van der Waals surface area contributed by atoms with Gasteiger partial charge in [-0.1, -0.05) is 36.4 Å². The zero-order valence-corrected chi connectivity index (χ0v) is 21.1. The topological polar surface area (TPSA) is 83.1 Å². The number of dihydropyridines is 1. The summed E-state index contributed by atoms with van der Waals surface area (Å²) < 4.78 is 22.5. The van der Waals surface area contributed by atoms with Crippen molar-refractivity contribution in [3.63, 3.8) is 0 Å². The number of rotatable bonds is 10. The lowest BCUT2D eigenvalue weighted by Crippen LogP contribution is -2.34. The summed E-state index contributed by atoms with van der Waals surface area (Å²) in [5.41, 5.74) is 4.43. The van der Waals surface area contributed by atoms with Crippen LogP contribution in [0.3, 0.4) is 0 Å². The Hall–Kier alpha value is -3.58. The van der Waals surface area contributed by atoms with Crippen molar-refractivity contribution in [2.45, 2.75) is 45.6 Å². The molecule has 1 aliphatic carbocycles. The maximum Gasteiger partial charge on any atom is 0.336 e. The smallest absolute Gasteiger partial charge is 0.336 e. The fourth-order valence-electron chi connectivity index (χ4n) is 4.72. The van der Waals surface area contributed by atoms with Gasteiger partial charge in [0.2, 0.25) is 0 Å². The van der Waals surface area contributed by atoms with Gasteiger partial charge in [0.25, 0.3) is 0 Å². The Morgan fingerprint density at radius 1 is 1.06 bits per heavy atom. The molecule has 0 saturated carbocycles. The molecule has 190 valence electrons. The van der Waals surface area contributed by atoms with Gasteiger partial charge in [-0.25, -0.2) is 4.79 Å². The van der Waals surface area contributed by atoms with Crippen LogP contribution in [0.15, 0.2) is 71.1 Å². The first kappa shape index (κ1) is 25.5. The zero-order chi connectivity index (χ0) is 25.5. The van der Waals surface area contributed by atoms with Crippen molar-refractivity contribution in [3.05, 3.63) is 82.2 Å². The van der Waals surface area contributed by atoms with Gasteiger partial charge in [0, 0.05) is 35.9 Å². The molecule has 1 atom stereocenters. The van der Waals surface area contributed by atoms with E-state index in [2.05, 4.69) is 5.32 Å². The molecule has 0 spiro atoms. The number of benzene rings is 2. The molecule has 1 N–H and O–H groups in total. The molecule has 0 aromatic heterocycles. The number of methoxy groups -OCH3 is 1. The van der Waals surface area contributed by atoms with Crippen LogP contribution in [-0.4, -0.2) is 38.7 Å². The molecule has 0 amide bonds. The quantitative estimate of drug-likeness (QED) is 0.377. The van der Waals surface area contributed by atoms with Crippen molar-refractivity contribution in [2.75, 3.05) is 26.9 Å². The molecule has 2 aromatic rings. The van der Waals surface area contributed by atoms with Crippen LogP contribution in [-0.2, 0) is 25.7 Å². The van der Waals surface area contributed by atoms with Gasteiger partial charge in [-0.2, -0.15) is 0 Å². The van der Waals surface area contributed by atoms with Crippen molar-refractivity contribution >= 4 is 11.8 Å². The number of ether oxygens (including phenoxy) is 4. The molecule has 0 radical (unpaired) electrons. The van der Waals surface area contributed by atoms with E-state index in [1.54, 1.807) is 7.11 Å². The lowest BCUT2D eigenvalue weighted by molar-refractivity contribution is -0.140. The second-order valence-corrected chi connectivity index (χ2v) is 8.78. The van der Waals surface area contributed by atoms with Crippen LogP contribution in [0.5, 0.6) is 11.5 Å². The van der Waals surface area contributed by atoms with Gasteiger partial charge < -0.3 is 24.3 Å². The standard InChI is InChI=1S/C29H33NO6/c1-4-34-15-16-35-29(32)26-19(2)30-22-11-8-12-23(31)28(22)27(26)21-13-14-24(33-3)25(17-21)36-18-20-9-6-5-7-10-20/h5-7,9-10,13-14,17,27,30H,4,8,11-12,15-16,18H2,1-3H3/t27-/m1/s1. The molecule has 7 nitrogen and oxygen atoms in total. The third kappa shape index (κ3) is 5.62. The highest BCUT2D eigenvalue weighted by molar-refractivity contribution is 6.03. The maximum absolute atomic E-state index is 13.3. The largest absolute Gasteiger partial charge is 0.493 e. The van der Waals surface area contributed by atoms with E-state index in [-0.39, 0.29) is 12.4 Å². The molecule has 0 unspecified atom stereocenters. The average molecular weight is 492 g/mol. The fraction of sp³-hybridized carbons (Fsp3) is 0.379. The van der Waals surface area contributed by atoms with Crippen LogP contribution in [0.4, 0.5) is 0 Å². The normalized spacial score (nSPS) is 17.4. The highest BCUT2D eigenvalue weighted by atomic mass is 16.6. The van der Waals surface area contributed by atoms with E-state index in [0.717, 1.165) is 29.7 Å². The molecule has 36 heavy (non-hydrogen) atoms. The summed E-state index contributed by atoms with van der Waals surface area (Å²) in [5.74, 6) is 0.151. The highest BCUT2D eigenvalue weighted by Crippen LogP contribution is 2.44. The molecule has 1 aliphatic heterocycles. The van der Waals surface area contributed by atoms with E-state index in [9.17, 15) is 9.59 Å². The van der Waals surface area contributed by atoms with Crippen LogP contribution >= 0.6 is 0 Å². The van der Waals surface area contributed by atoms with Crippen LogP contribution in [0, 0.1) is 0 Å². The van der Waals surface area contributed by atoms with Gasteiger partial charge in [0.1, 0.15) is 13.2 Å². The Morgan fingerprint density at radius 3 is 2.61 bits per heavy atom. The minimum atomic E-state index is -0.557. The number of hydrogen-bond acceptors (Lipinski definition) is 7. The number of ketones is 1. The van der Waals surface area contributed by atoms with Gasteiger partial charge in [0.15, 0.2) is 17.3 Å². The third-order valence-corrected chi connectivity index (χ3v) is 6.42. The number of carbonyl (C=O) groups is 2. The molecular formula is C29H33NO6. The van der Waals surface area contributed by atoms with Gasteiger partial charge >= 0.3 is 5.97 Å². The van der Waals surface area contributed by atoms with Crippen molar-refractivity contribution < 1.29 is 28.5 Å². The molecular weight excluding hydrogens is 458 g/mol. The third-order valence-electron chi connectivity index (χ3n) is 6.42. The summed E-state index contributed by atoms with van der Waals surface area (Å²) in [7, 11) is 1.59. The summed E-state index contributed by atoms with van der Waals surface area (Å²) in [4.78, 5) is 26.4. The number of nitrogens with one attached hydrogen (secondary N) is 1. The van der Waals surface area contributed by atoms with E-state index in [0.29, 0.717) is 54.6 Å². The van der Waals surface area contributed by atoms with E-state index >= 15 is 0 Å². The Bertz CT molecular complexity index is 1170. The first-order valence-electron chi connectivity index (χ1n) is 12.4. The molecule has 4 rings (SSSR count). The first-order chi connectivity index (χ1) is 17.5. The van der Waals surface area contributed by atoms with Gasteiger partial charge in [-0.3, -0.25) is 4.79 Å². The second kappa shape index (κ2) is 11.9. The van der Waals surface area contributed by atoms with Gasteiger partial charge in [-0.05, 0) is 49.9 Å². The summed E-state index contributed by atoms with van der Waals surface area (Å²) in [5, 5.41) is 3.32. The van der Waals surface area contributed by atoms with Gasteiger partial charge in [-0.15, -0.1) is 0 Å². The minimum Gasteiger partial charge on any atom is -0.493 e. The predicted molar refractivity (Wildman–Crippen MR) is 136 cm³/mol. The zero-order valence-electron chi connectivity index (χ0n) is 21.1. The molecule has 2 aromatic carbocycles. The number of carbonyl (C=O) groups excluding carboxylic acids is 2. The van der Waals surface area contributed by atoms with Gasteiger partial charge in [0.05, 0.1) is 19.3 Å². The Balaban J connectivity index is 1.70. The highest BCUT2D eigenvalue weighted by Gasteiger charge is 2.39. The van der Waals surface area contributed by atoms with Crippen LogP contribution in [0.25, 0.3) is 0 Å². The van der Waals surface area contributed by atoms with E-state index in [1.807, 2.05) is 62.4 Å². The fourth-order valence-corrected chi connectivity index (χ4v) is 4.72. The first-order valence-corrected chi connectivity index (χ1v) is 12.4.